The first-order valence-corrected chi connectivity index (χ1v) is 6.83. The Morgan fingerprint density at radius 3 is 2.89 bits per heavy atom. The molecule has 2 rings (SSSR count). The molecule has 1 aliphatic rings. The Morgan fingerprint density at radius 1 is 1.44 bits per heavy atom. The van der Waals surface area contributed by atoms with Crippen LogP contribution in [0.25, 0.3) is 0 Å². The number of ether oxygens (including phenoxy) is 1. The van der Waals surface area contributed by atoms with E-state index in [-0.39, 0.29) is 0 Å². The molecule has 1 aliphatic carbocycles. The van der Waals surface area contributed by atoms with Gasteiger partial charge in [-0.25, -0.2) is 0 Å². The van der Waals surface area contributed by atoms with Crippen LogP contribution in [0, 0.1) is 5.92 Å². The highest BCUT2D eigenvalue weighted by Gasteiger charge is 2.30. The lowest BCUT2D eigenvalue weighted by atomic mass is 9.80. The van der Waals surface area contributed by atoms with E-state index in [4.69, 9.17) is 9.26 Å². The van der Waals surface area contributed by atoms with Gasteiger partial charge < -0.3 is 14.6 Å². The van der Waals surface area contributed by atoms with Crippen LogP contribution in [0.2, 0.25) is 0 Å². The van der Waals surface area contributed by atoms with Crippen molar-refractivity contribution >= 4 is 0 Å². The standard InChI is InChI=1S/C13H23N3O2/c1-4-17-11-5-10(6-11)7-13-15-12(16-18-13)8-14-9(2)3/h9-11,14H,4-8H2,1-3H3. The van der Waals surface area contributed by atoms with Crippen LogP contribution in [-0.4, -0.2) is 28.9 Å². The molecule has 1 saturated carbocycles. The van der Waals surface area contributed by atoms with Gasteiger partial charge in [0.05, 0.1) is 12.6 Å². The SMILES string of the molecule is CCOC1CC(Cc2nc(CNC(C)C)no2)C1. The highest BCUT2D eigenvalue weighted by Crippen LogP contribution is 2.32. The van der Waals surface area contributed by atoms with E-state index in [0.717, 1.165) is 37.6 Å². The summed E-state index contributed by atoms with van der Waals surface area (Å²) >= 11 is 0. The molecule has 0 aliphatic heterocycles. The van der Waals surface area contributed by atoms with Gasteiger partial charge in [-0.3, -0.25) is 0 Å². The van der Waals surface area contributed by atoms with Crippen molar-refractivity contribution in [2.75, 3.05) is 6.61 Å². The summed E-state index contributed by atoms with van der Waals surface area (Å²) in [6.07, 6.45) is 3.58. The van der Waals surface area contributed by atoms with Crippen LogP contribution in [0.1, 0.15) is 45.3 Å². The first kappa shape index (κ1) is 13.5. The fraction of sp³-hybridized carbons (Fsp3) is 0.846. The maximum atomic E-state index is 5.54. The summed E-state index contributed by atoms with van der Waals surface area (Å²) in [6, 6.07) is 0.436. The van der Waals surface area contributed by atoms with E-state index in [1.54, 1.807) is 0 Å². The molecule has 1 aromatic heterocycles. The quantitative estimate of drug-likeness (QED) is 0.804. The predicted molar refractivity (Wildman–Crippen MR) is 68.1 cm³/mol. The van der Waals surface area contributed by atoms with Crippen LogP contribution in [0.3, 0.4) is 0 Å². The molecule has 0 radical (unpaired) electrons. The predicted octanol–water partition coefficient (Wildman–Crippen LogP) is 1.93. The Labute approximate surface area is 108 Å². The van der Waals surface area contributed by atoms with Gasteiger partial charge in [0, 0.05) is 19.1 Å². The van der Waals surface area contributed by atoms with Crippen molar-refractivity contribution in [3.63, 3.8) is 0 Å². The highest BCUT2D eigenvalue weighted by atomic mass is 16.5. The number of rotatable bonds is 7. The van der Waals surface area contributed by atoms with Crippen molar-refractivity contribution in [1.29, 1.82) is 0 Å². The third-order valence-electron chi connectivity index (χ3n) is 3.24. The summed E-state index contributed by atoms with van der Waals surface area (Å²) in [7, 11) is 0. The summed E-state index contributed by atoms with van der Waals surface area (Å²) < 4.78 is 10.8. The summed E-state index contributed by atoms with van der Waals surface area (Å²) in [5, 5.41) is 7.25. The van der Waals surface area contributed by atoms with E-state index < -0.39 is 0 Å². The fourth-order valence-electron chi connectivity index (χ4n) is 2.20. The monoisotopic (exact) mass is 253 g/mol. The van der Waals surface area contributed by atoms with E-state index >= 15 is 0 Å². The first-order valence-electron chi connectivity index (χ1n) is 6.83. The summed E-state index contributed by atoms with van der Waals surface area (Å²) in [6.45, 7) is 7.72. The third kappa shape index (κ3) is 3.78. The lowest BCUT2D eigenvalue weighted by Gasteiger charge is -2.33. The second kappa shape index (κ2) is 6.29. The van der Waals surface area contributed by atoms with Gasteiger partial charge in [-0.05, 0) is 25.7 Å². The van der Waals surface area contributed by atoms with Gasteiger partial charge in [0.2, 0.25) is 5.89 Å². The topological polar surface area (TPSA) is 60.2 Å². The molecule has 1 aromatic rings. The smallest absolute Gasteiger partial charge is 0.226 e. The van der Waals surface area contributed by atoms with Crippen LogP contribution >= 0.6 is 0 Å². The number of aromatic nitrogens is 2. The molecule has 1 fully saturated rings. The zero-order valence-corrected chi connectivity index (χ0v) is 11.5. The van der Waals surface area contributed by atoms with Crippen molar-refractivity contribution < 1.29 is 9.26 Å². The molecule has 0 amide bonds. The number of nitrogens with zero attached hydrogens (tertiary/aromatic N) is 2. The molecule has 0 aromatic carbocycles. The average Bonchev–Trinajstić information content (AvgIpc) is 2.71. The minimum Gasteiger partial charge on any atom is -0.378 e. The Kier molecular flexibility index (Phi) is 4.72. The Balaban J connectivity index is 1.71. The summed E-state index contributed by atoms with van der Waals surface area (Å²) in [5.41, 5.74) is 0. The van der Waals surface area contributed by atoms with Gasteiger partial charge in [-0.2, -0.15) is 4.98 Å². The highest BCUT2D eigenvalue weighted by molar-refractivity contribution is 4.92. The zero-order chi connectivity index (χ0) is 13.0. The van der Waals surface area contributed by atoms with Crippen molar-refractivity contribution in [1.82, 2.24) is 15.5 Å². The van der Waals surface area contributed by atoms with Crippen molar-refractivity contribution in [2.45, 2.75) is 58.7 Å². The molecule has 1 N–H and O–H groups in total. The first-order chi connectivity index (χ1) is 8.67. The Bertz CT molecular complexity index is 359. The largest absolute Gasteiger partial charge is 0.378 e. The Morgan fingerprint density at radius 2 is 2.22 bits per heavy atom. The Hall–Kier alpha value is -0.940. The molecule has 0 unspecified atom stereocenters. The number of hydrogen-bond donors (Lipinski definition) is 1. The van der Waals surface area contributed by atoms with E-state index in [1.807, 2.05) is 6.92 Å². The van der Waals surface area contributed by atoms with Crippen molar-refractivity contribution in [3.8, 4) is 0 Å². The maximum absolute atomic E-state index is 5.54. The van der Waals surface area contributed by atoms with Crippen LogP contribution in [0.15, 0.2) is 4.52 Å². The normalized spacial score (nSPS) is 23.3. The van der Waals surface area contributed by atoms with Gasteiger partial charge in [-0.1, -0.05) is 19.0 Å². The molecule has 0 atom stereocenters. The van der Waals surface area contributed by atoms with E-state index in [9.17, 15) is 0 Å². The minimum atomic E-state index is 0.436. The zero-order valence-electron chi connectivity index (χ0n) is 11.5. The molecule has 0 spiro atoms. The van der Waals surface area contributed by atoms with Gasteiger partial charge in [0.25, 0.3) is 0 Å². The maximum Gasteiger partial charge on any atom is 0.226 e. The van der Waals surface area contributed by atoms with Crippen LogP contribution in [0.5, 0.6) is 0 Å². The molecule has 0 saturated heterocycles. The van der Waals surface area contributed by atoms with E-state index in [1.165, 1.54) is 0 Å². The molecular weight excluding hydrogens is 230 g/mol. The molecule has 0 bridgehead atoms. The lowest BCUT2D eigenvalue weighted by molar-refractivity contribution is -0.0258. The van der Waals surface area contributed by atoms with Gasteiger partial charge >= 0.3 is 0 Å². The molecule has 18 heavy (non-hydrogen) atoms. The molecule has 5 heteroatoms. The second-order valence-electron chi connectivity index (χ2n) is 5.26. The van der Waals surface area contributed by atoms with Gasteiger partial charge in [0.1, 0.15) is 0 Å². The summed E-state index contributed by atoms with van der Waals surface area (Å²) in [5.74, 6) is 2.16. The van der Waals surface area contributed by atoms with Crippen molar-refractivity contribution in [2.24, 2.45) is 5.92 Å². The average molecular weight is 253 g/mol. The van der Waals surface area contributed by atoms with Crippen LogP contribution < -0.4 is 5.32 Å². The van der Waals surface area contributed by atoms with E-state index in [2.05, 4.69) is 29.3 Å². The fourth-order valence-corrected chi connectivity index (χ4v) is 2.20. The van der Waals surface area contributed by atoms with Crippen LogP contribution in [0.4, 0.5) is 0 Å². The molecule has 1 heterocycles. The number of nitrogens with one attached hydrogen (secondary N) is 1. The third-order valence-corrected chi connectivity index (χ3v) is 3.24. The minimum absolute atomic E-state index is 0.436. The second-order valence-corrected chi connectivity index (χ2v) is 5.26. The molecule has 5 nitrogen and oxygen atoms in total. The lowest BCUT2D eigenvalue weighted by Crippen LogP contribution is -2.32. The van der Waals surface area contributed by atoms with Crippen molar-refractivity contribution in [3.05, 3.63) is 11.7 Å². The molecule has 102 valence electrons. The van der Waals surface area contributed by atoms with Crippen LogP contribution in [-0.2, 0) is 17.7 Å². The number of hydrogen-bond acceptors (Lipinski definition) is 5. The van der Waals surface area contributed by atoms with E-state index in [0.29, 0.717) is 24.6 Å². The molecular formula is C13H23N3O2. The van der Waals surface area contributed by atoms with Gasteiger partial charge in [0.15, 0.2) is 5.82 Å². The van der Waals surface area contributed by atoms with Gasteiger partial charge in [-0.15, -0.1) is 0 Å². The summed E-state index contributed by atoms with van der Waals surface area (Å²) in [4.78, 5) is 4.39.